The summed E-state index contributed by atoms with van der Waals surface area (Å²) in [5.41, 5.74) is 8.22. The number of aryl methyl sites for hydroxylation is 1. The highest BCUT2D eigenvalue weighted by Gasteiger charge is 2.24. The van der Waals surface area contributed by atoms with E-state index in [1.807, 2.05) is 12.1 Å². The molecule has 3 N–H and O–H groups in total. The van der Waals surface area contributed by atoms with Crippen LogP contribution >= 0.6 is 24.0 Å². The summed E-state index contributed by atoms with van der Waals surface area (Å²) in [6, 6.07) is 8.73. The summed E-state index contributed by atoms with van der Waals surface area (Å²) in [5, 5.41) is 3.16. The second-order valence-electron chi connectivity index (χ2n) is 6.40. The summed E-state index contributed by atoms with van der Waals surface area (Å²) >= 11 is 0. The molecule has 0 amide bonds. The normalized spacial score (nSPS) is 19.3. The summed E-state index contributed by atoms with van der Waals surface area (Å²) in [6.07, 6.45) is 2.51. The molecule has 1 aliphatic rings. The van der Waals surface area contributed by atoms with Crippen LogP contribution in [0.2, 0.25) is 0 Å². The predicted octanol–water partition coefficient (Wildman–Crippen LogP) is 3.46. The van der Waals surface area contributed by atoms with Gasteiger partial charge in [0.25, 0.3) is 0 Å². The van der Waals surface area contributed by atoms with E-state index in [1.165, 1.54) is 24.9 Å². The van der Waals surface area contributed by atoms with Crippen molar-refractivity contribution in [1.82, 2.24) is 4.90 Å². The number of guanidine groups is 1. The molecule has 1 aromatic rings. The van der Waals surface area contributed by atoms with Crippen molar-refractivity contribution in [2.24, 2.45) is 16.6 Å². The molecule has 0 aromatic heterocycles. The van der Waals surface area contributed by atoms with Gasteiger partial charge in [-0.15, -0.1) is 24.0 Å². The zero-order chi connectivity index (χ0) is 15.2. The number of aliphatic imine (C=N–C) groups is 1. The zero-order valence-corrected chi connectivity index (χ0v) is 16.2. The van der Waals surface area contributed by atoms with E-state index < -0.39 is 0 Å². The van der Waals surface area contributed by atoms with Crippen molar-refractivity contribution in [2.45, 2.75) is 39.7 Å². The molecule has 1 aromatic carbocycles. The maximum Gasteiger partial charge on any atom is 0.193 e. The van der Waals surface area contributed by atoms with E-state index in [1.54, 1.807) is 0 Å². The number of likely N-dealkylation sites (tertiary alicyclic amines) is 1. The summed E-state index contributed by atoms with van der Waals surface area (Å²) in [7, 11) is 0. The summed E-state index contributed by atoms with van der Waals surface area (Å²) in [5.74, 6) is 1.22. The van der Waals surface area contributed by atoms with E-state index in [0.29, 0.717) is 17.9 Å². The predicted molar refractivity (Wildman–Crippen MR) is 106 cm³/mol. The summed E-state index contributed by atoms with van der Waals surface area (Å²) in [6.45, 7) is 9.76. The van der Waals surface area contributed by atoms with Crippen molar-refractivity contribution in [1.29, 1.82) is 0 Å². The molecule has 1 fully saturated rings. The number of benzene rings is 1. The van der Waals surface area contributed by atoms with Crippen LogP contribution in [0.25, 0.3) is 0 Å². The van der Waals surface area contributed by atoms with Crippen LogP contribution in [0.5, 0.6) is 0 Å². The SMILES string of the molecule is Cc1ccc(NC(N)=NC[C@H]2CCCN2CC(C)C)cc1.I. The molecule has 0 spiro atoms. The van der Waals surface area contributed by atoms with Gasteiger partial charge in [0.2, 0.25) is 0 Å². The fraction of sp³-hybridized carbons (Fsp3) is 0.588. The second kappa shape index (κ2) is 9.35. The molecule has 1 aliphatic heterocycles. The van der Waals surface area contributed by atoms with Crippen LogP contribution in [-0.2, 0) is 0 Å². The number of hydrogen-bond acceptors (Lipinski definition) is 2. The highest BCUT2D eigenvalue weighted by Crippen LogP contribution is 2.18. The van der Waals surface area contributed by atoms with Gasteiger partial charge in [0.15, 0.2) is 5.96 Å². The highest BCUT2D eigenvalue weighted by atomic mass is 127. The molecule has 0 radical (unpaired) electrons. The fourth-order valence-corrected chi connectivity index (χ4v) is 2.84. The third-order valence-corrected chi connectivity index (χ3v) is 3.90. The molecule has 2 rings (SSSR count). The summed E-state index contributed by atoms with van der Waals surface area (Å²) in [4.78, 5) is 7.07. The largest absolute Gasteiger partial charge is 0.370 e. The van der Waals surface area contributed by atoms with Gasteiger partial charge in [-0.05, 0) is 44.4 Å². The Morgan fingerprint density at radius 2 is 2.05 bits per heavy atom. The van der Waals surface area contributed by atoms with Crippen LogP contribution in [0, 0.1) is 12.8 Å². The molecular formula is C17H29IN4. The maximum absolute atomic E-state index is 5.99. The van der Waals surface area contributed by atoms with Crippen molar-refractivity contribution in [2.75, 3.05) is 25.0 Å². The van der Waals surface area contributed by atoms with Gasteiger partial charge < -0.3 is 11.1 Å². The Balaban J connectivity index is 0.00000242. The lowest BCUT2D eigenvalue weighted by Gasteiger charge is -2.24. The lowest BCUT2D eigenvalue weighted by Crippen LogP contribution is -2.35. The summed E-state index contributed by atoms with van der Waals surface area (Å²) < 4.78 is 0. The third-order valence-electron chi connectivity index (χ3n) is 3.90. The Labute approximate surface area is 151 Å². The number of nitrogens with two attached hydrogens (primary N) is 1. The highest BCUT2D eigenvalue weighted by molar-refractivity contribution is 14.0. The monoisotopic (exact) mass is 416 g/mol. The van der Waals surface area contributed by atoms with Crippen molar-refractivity contribution in [3.8, 4) is 0 Å². The van der Waals surface area contributed by atoms with Gasteiger partial charge >= 0.3 is 0 Å². The molecule has 4 nitrogen and oxygen atoms in total. The van der Waals surface area contributed by atoms with Crippen molar-refractivity contribution in [3.63, 3.8) is 0 Å². The van der Waals surface area contributed by atoms with E-state index in [0.717, 1.165) is 18.8 Å². The van der Waals surface area contributed by atoms with Crippen LogP contribution in [0.1, 0.15) is 32.3 Å². The van der Waals surface area contributed by atoms with Gasteiger partial charge in [-0.25, -0.2) is 0 Å². The number of hydrogen-bond donors (Lipinski definition) is 2. The molecular weight excluding hydrogens is 387 g/mol. The van der Waals surface area contributed by atoms with Gasteiger partial charge in [-0.1, -0.05) is 31.5 Å². The van der Waals surface area contributed by atoms with Crippen molar-refractivity contribution < 1.29 is 0 Å². The van der Waals surface area contributed by atoms with E-state index in [9.17, 15) is 0 Å². The molecule has 1 atom stereocenters. The van der Waals surface area contributed by atoms with Gasteiger partial charge in [0.1, 0.15) is 0 Å². The molecule has 1 heterocycles. The molecule has 1 saturated heterocycles. The fourth-order valence-electron chi connectivity index (χ4n) is 2.84. The van der Waals surface area contributed by atoms with Crippen LogP contribution in [-0.4, -0.2) is 36.5 Å². The first kappa shape index (κ1) is 19.2. The zero-order valence-electron chi connectivity index (χ0n) is 13.9. The Morgan fingerprint density at radius 1 is 1.36 bits per heavy atom. The molecule has 5 heteroatoms. The lowest BCUT2D eigenvalue weighted by atomic mass is 10.2. The molecule has 124 valence electrons. The first-order chi connectivity index (χ1) is 10.0. The van der Waals surface area contributed by atoms with Gasteiger partial charge in [-0.2, -0.15) is 0 Å². The topological polar surface area (TPSA) is 53.6 Å². The number of nitrogens with zero attached hydrogens (tertiary/aromatic N) is 2. The van der Waals surface area contributed by atoms with Crippen LogP contribution in [0.15, 0.2) is 29.3 Å². The van der Waals surface area contributed by atoms with E-state index in [-0.39, 0.29) is 24.0 Å². The molecule has 22 heavy (non-hydrogen) atoms. The number of rotatable bonds is 5. The first-order valence-electron chi connectivity index (χ1n) is 7.92. The number of halogens is 1. The standard InChI is InChI=1S/C17H28N4.HI/c1-13(2)12-21-10-4-5-16(21)11-19-17(18)20-15-8-6-14(3)7-9-15;/h6-9,13,16H,4-5,10-12H2,1-3H3,(H3,18,19,20);1H/t16-;/m1./s1. The minimum absolute atomic E-state index is 0. The van der Waals surface area contributed by atoms with Gasteiger partial charge in [0, 0.05) is 18.3 Å². The minimum Gasteiger partial charge on any atom is -0.370 e. The minimum atomic E-state index is 0. The van der Waals surface area contributed by atoms with E-state index >= 15 is 0 Å². The molecule has 0 aliphatic carbocycles. The number of nitrogens with one attached hydrogen (secondary N) is 1. The van der Waals surface area contributed by atoms with Crippen molar-refractivity contribution in [3.05, 3.63) is 29.8 Å². The average molecular weight is 416 g/mol. The van der Waals surface area contributed by atoms with Crippen LogP contribution < -0.4 is 11.1 Å². The van der Waals surface area contributed by atoms with Crippen LogP contribution in [0.3, 0.4) is 0 Å². The first-order valence-corrected chi connectivity index (χ1v) is 7.92. The van der Waals surface area contributed by atoms with Gasteiger partial charge in [-0.3, -0.25) is 9.89 Å². The second-order valence-corrected chi connectivity index (χ2v) is 6.40. The molecule has 0 unspecified atom stereocenters. The van der Waals surface area contributed by atoms with E-state index in [2.05, 4.69) is 48.1 Å². The lowest BCUT2D eigenvalue weighted by molar-refractivity contribution is 0.231. The van der Waals surface area contributed by atoms with Crippen LogP contribution in [0.4, 0.5) is 5.69 Å². The van der Waals surface area contributed by atoms with E-state index in [4.69, 9.17) is 5.73 Å². The van der Waals surface area contributed by atoms with Gasteiger partial charge in [0.05, 0.1) is 6.54 Å². The Bertz CT molecular complexity index is 470. The smallest absolute Gasteiger partial charge is 0.193 e. The Kier molecular flexibility index (Phi) is 8.17. The molecule has 0 saturated carbocycles. The third kappa shape index (κ3) is 6.12. The average Bonchev–Trinajstić information content (AvgIpc) is 2.85. The Hall–Kier alpha value is -0.820. The molecule has 0 bridgehead atoms. The maximum atomic E-state index is 5.99. The Morgan fingerprint density at radius 3 is 2.68 bits per heavy atom. The number of anilines is 1. The van der Waals surface area contributed by atoms with Crippen molar-refractivity contribution >= 4 is 35.6 Å². The quantitative estimate of drug-likeness (QED) is 0.439.